The van der Waals surface area contributed by atoms with Gasteiger partial charge in [-0.25, -0.2) is 12.8 Å². The van der Waals surface area contributed by atoms with Crippen molar-refractivity contribution in [2.45, 2.75) is 24.3 Å². The maximum Gasteiger partial charge on any atom is 0.303 e. The van der Waals surface area contributed by atoms with Crippen LogP contribution in [0.15, 0.2) is 33.7 Å². The minimum atomic E-state index is -3.82. The Hall–Kier alpha value is -2.33. The van der Waals surface area contributed by atoms with E-state index in [0.29, 0.717) is 0 Å². The van der Waals surface area contributed by atoms with E-state index in [9.17, 15) is 17.6 Å². The Bertz CT molecular complexity index is 788. The minimum absolute atomic E-state index is 0.0593. The number of aliphatic carboxylic acids is 1. The van der Waals surface area contributed by atoms with Crippen LogP contribution in [0.1, 0.15) is 18.1 Å². The van der Waals surface area contributed by atoms with Gasteiger partial charge in [0.25, 0.3) is 0 Å². The number of aromatic nitrogens is 2. The standard InChI is InChI=1S/C13H14FN3O5S/c1-17(23(20,21)10-4-2-9(14)3-5-10)8-11-15-12(22-16-11)6-7-13(18)19/h2-5H,6-8H2,1H3,(H,18,19). The van der Waals surface area contributed by atoms with Crippen molar-refractivity contribution < 1.29 is 27.2 Å². The number of sulfonamides is 1. The summed E-state index contributed by atoms with van der Waals surface area (Å²) in [5, 5.41) is 12.2. The molecule has 8 nitrogen and oxygen atoms in total. The fourth-order valence-electron chi connectivity index (χ4n) is 1.74. The number of rotatable bonds is 7. The molecule has 0 bridgehead atoms. The molecular weight excluding hydrogens is 329 g/mol. The summed E-state index contributed by atoms with van der Waals surface area (Å²) in [4.78, 5) is 14.3. The highest BCUT2D eigenvalue weighted by atomic mass is 32.2. The lowest BCUT2D eigenvalue weighted by atomic mass is 10.3. The van der Waals surface area contributed by atoms with Crippen LogP contribution in [-0.4, -0.2) is 41.0 Å². The number of benzene rings is 1. The topological polar surface area (TPSA) is 114 Å². The molecular formula is C13H14FN3O5S. The summed E-state index contributed by atoms with van der Waals surface area (Å²) in [6.45, 7) is -0.156. The summed E-state index contributed by atoms with van der Waals surface area (Å²) in [5.41, 5.74) is 0. The summed E-state index contributed by atoms with van der Waals surface area (Å²) < 4.78 is 43.3. The summed E-state index contributed by atoms with van der Waals surface area (Å²) in [6.07, 6.45) is -0.0951. The minimum Gasteiger partial charge on any atom is -0.481 e. The summed E-state index contributed by atoms with van der Waals surface area (Å²) in [5.74, 6) is -1.30. The highest BCUT2D eigenvalue weighted by Gasteiger charge is 2.22. The van der Waals surface area contributed by atoms with E-state index in [-0.39, 0.29) is 36.0 Å². The predicted molar refractivity (Wildman–Crippen MR) is 75.3 cm³/mol. The average Bonchev–Trinajstić information content (AvgIpc) is 2.93. The van der Waals surface area contributed by atoms with E-state index >= 15 is 0 Å². The summed E-state index contributed by atoms with van der Waals surface area (Å²) >= 11 is 0. The Morgan fingerprint density at radius 1 is 1.35 bits per heavy atom. The highest BCUT2D eigenvalue weighted by molar-refractivity contribution is 7.89. The first kappa shape index (κ1) is 17.0. The molecule has 1 heterocycles. The van der Waals surface area contributed by atoms with Gasteiger partial charge in [-0.15, -0.1) is 0 Å². The Labute approximate surface area is 131 Å². The molecule has 0 aliphatic rings. The van der Waals surface area contributed by atoms with E-state index in [2.05, 4.69) is 10.1 Å². The van der Waals surface area contributed by atoms with Gasteiger partial charge in [0.1, 0.15) is 5.82 Å². The highest BCUT2D eigenvalue weighted by Crippen LogP contribution is 2.16. The second kappa shape index (κ2) is 6.84. The predicted octanol–water partition coefficient (Wildman–Crippen LogP) is 1.05. The van der Waals surface area contributed by atoms with Gasteiger partial charge < -0.3 is 9.63 Å². The number of nitrogens with zero attached hydrogens (tertiary/aromatic N) is 3. The van der Waals surface area contributed by atoms with Gasteiger partial charge in [-0.05, 0) is 24.3 Å². The van der Waals surface area contributed by atoms with Crippen molar-refractivity contribution in [1.82, 2.24) is 14.4 Å². The van der Waals surface area contributed by atoms with E-state index in [1.165, 1.54) is 7.05 Å². The second-order valence-electron chi connectivity index (χ2n) is 4.71. The molecule has 10 heteroatoms. The molecule has 1 aromatic heterocycles. The Morgan fingerprint density at radius 3 is 2.61 bits per heavy atom. The number of hydrogen-bond acceptors (Lipinski definition) is 6. The van der Waals surface area contributed by atoms with Gasteiger partial charge >= 0.3 is 5.97 Å². The maximum atomic E-state index is 12.9. The van der Waals surface area contributed by atoms with Crippen LogP contribution in [0.25, 0.3) is 0 Å². The van der Waals surface area contributed by atoms with Crippen LogP contribution in [0, 0.1) is 5.82 Å². The molecule has 124 valence electrons. The third-order valence-corrected chi connectivity index (χ3v) is 4.77. The van der Waals surface area contributed by atoms with Gasteiger partial charge in [-0.3, -0.25) is 4.79 Å². The molecule has 0 fully saturated rings. The van der Waals surface area contributed by atoms with Crippen LogP contribution in [0.3, 0.4) is 0 Å². The van der Waals surface area contributed by atoms with E-state index in [1.54, 1.807) is 0 Å². The molecule has 1 N–H and O–H groups in total. The third kappa shape index (κ3) is 4.33. The van der Waals surface area contributed by atoms with Crippen LogP contribution in [0.5, 0.6) is 0 Å². The first-order valence-electron chi connectivity index (χ1n) is 6.54. The van der Waals surface area contributed by atoms with Crippen LogP contribution in [0.4, 0.5) is 4.39 Å². The van der Waals surface area contributed by atoms with Gasteiger partial charge in [0.05, 0.1) is 17.9 Å². The van der Waals surface area contributed by atoms with Crippen molar-refractivity contribution in [2.24, 2.45) is 0 Å². The molecule has 0 aliphatic carbocycles. The quantitative estimate of drug-likeness (QED) is 0.799. The van der Waals surface area contributed by atoms with Crippen LogP contribution >= 0.6 is 0 Å². The maximum absolute atomic E-state index is 12.9. The van der Waals surface area contributed by atoms with E-state index in [0.717, 1.165) is 28.6 Å². The van der Waals surface area contributed by atoms with Crippen molar-refractivity contribution in [3.63, 3.8) is 0 Å². The smallest absolute Gasteiger partial charge is 0.303 e. The molecule has 23 heavy (non-hydrogen) atoms. The van der Waals surface area contributed by atoms with Crippen molar-refractivity contribution in [2.75, 3.05) is 7.05 Å². The number of aryl methyl sites for hydroxylation is 1. The number of carbonyl (C=O) groups is 1. The zero-order chi connectivity index (χ0) is 17.0. The largest absolute Gasteiger partial charge is 0.481 e. The summed E-state index contributed by atoms with van der Waals surface area (Å²) in [6, 6.07) is 4.43. The fraction of sp³-hybridized carbons (Fsp3) is 0.308. The SMILES string of the molecule is CN(Cc1noc(CCC(=O)O)n1)S(=O)(=O)c1ccc(F)cc1. The normalized spacial score (nSPS) is 11.8. The van der Waals surface area contributed by atoms with E-state index in [1.807, 2.05) is 0 Å². The first-order chi connectivity index (χ1) is 10.8. The monoisotopic (exact) mass is 343 g/mol. The fourth-order valence-corrected chi connectivity index (χ4v) is 2.87. The van der Waals surface area contributed by atoms with Gasteiger partial charge in [0.15, 0.2) is 5.82 Å². The van der Waals surface area contributed by atoms with Crippen molar-refractivity contribution >= 4 is 16.0 Å². The van der Waals surface area contributed by atoms with E-state index < -0.39 is 21.8 Å². The molecule has 1 aromatic carbocycles. The van der Waals surface area contributed by atoms with Gasteiger partial charge in [0, 0.05) is 13.5 Å². The van der Waals surface area contributed by atoms with Crippen molar-refractivity contribution in [3.8, 4) is 0 Å². The molecule has 0 spiro atoms. The van der Waals surface area contributed by atoms with Gasteiger partial charge in [0.2, 0.25) is 15.9 Å². The Kier molecular flexibility index (Phi) is 5.06. The van der Waals surface area contributed by atoms with Crippen molar-refractivity contribution in [1.29, 1.82) is 0 Å². The zero-order valence-corrected chi connectivity index (χ0v) is 13.0. The molecule has 2 aromatic rings. The molecule has 0 atom stereocenters. The van der Waals surface area contributed by atoms with Crippen LogP contribution in [0.2, 0.25) is 0 Å². The number of hydrogen-bond donors (Lipinski definition) is 1. The molecule has 0 saturated carbocycles. The van der Waals surface area contributed by atoms with Crippen LogP contribution in [-0.2, 0) is 27.8 Å². The first-order valence-corrected chi connectivity index (χ1v) is 7.98. The molecule has 2 rings (SSSR count). The third-order valence-electron chi connectivity index (χ3n) is 2.95. The molecule has 0 amide bonds. The van der Waals surface area contributed by atoms with Gasteiger partial charge in [-0.2, -0.15) is 9.29 Å². The average molecular weight is 343 g/mol. The Morgan fingerprint density at radius 2 is 2.00 bits per heavy atom. The zero-order valence-electron chi connectivity index (χ0n) is 12.1. The molecule has 0 saturated heterocycles. The second-order valence-corrected chi connectivity index (χ2v) is 6.76. The lowest BCUT2D eigenvalue weighted by Gasteiger charge is -2.15. The van der Waals surface area contributed by atoms with Crippen LogP contribution < -0.4 is 0 Å². The van der Waals surface area contributed by atoms with E-state index in [4.69, 9.17) is 9.63 Å². The molecule has 0 aliphatic heterocycles. The Balaban J connectivity index is 2.07. The lowest BCUT2D eigenvalue weighted by molar-refractivity contribution is -0.137. The number of halogens is 1. The lowest BCUT2D eigenvalue weighted by Crippen LogP contribution is -2.27. The number of carboxylic acids is 1. The number of carboxylic acid groups (broad SMARTS) is 1. The summed E-state index contributed by atoms with van der Waals surface area (Å²) in [7, 11) is -2.49. The molecule has 0 unspecified atom stereocenters. The molecule has 0 radical (unpaired) electrons. The van der Waals surface area contributed by atoms with Crippen molar-refractivity contribution in [3.05, 3.63) is 41.8 Å². The van der Waals surface area contributed by atoms with Gasteiger partial charge in [-0.1, -0.05) is 5.16 Å².